The Labute approximate surface area is 215 Å². The molecule has 0 saturated carbocycles. The molecule has 0 bridgehead atoms. The predicted molar refractivity (Wildman–Crippen MR) is 149 cm³/mol. The van der Waals surface area contributed by atoms with Crippen LogP contribution in [0.1, 0.15) is 29.7 Å². The minimum Gasteiger partial charge on any atom is -0.345 e. The smallest absolute Gasteiger partial charge is 0.162 e. The molecule has 4 nitrogen and oxygen atoms in total. The van der Waals surface area contributed by atoms with Crippen molar-refractivity contribution in [2.45, 2.75) is 32.7 Å². The molecule has 174 valence electrons. The number of aromatic nitrogens is 3. The number of anilines is 1. The number of nitrogens with zero attached hydrogens (tertiary/aromatic N) is 3. The fourth-order valence-electron chi connectivity index (χ4n) is 5.07. The van der Waals surface area contributed by atoms with Crippen LogP contribution in [0.2, 0.25) is 5.02 Å². The lowest BCUT2D eigenvalue weighted by Gasteiger charge is -2.13. The minimum atomic E-state index is 0.662. The number of hydrogen-bond acceptors (Lipinski definition) is 2. The summed E-state index contributed by atoms with van der Waals surface area (Å²) >= 11 is 12.3. The number of nitrogens with one attached hydrogen (secondary N) is 1. The van der Waals surface area contributed by atoms with Gasteiger partial charge in [-0.2, -0.15) is 0 Å². The molecule has 3 heterocycles. The molecular formula is C29H25ClN4S. The first-order chi connectivity index (χ1) is 17.1. The van der Waals surface area contributed by atoms with Gasteiger partial charge in [0.25, 0.3) is 0 Å². The molecule has 0 radical (unpaired) electrons. The molecule has 0 fully saturated rings. The number of aryl methyl sites for hydroxylation is 3. The van der Waals surface area contributed by atoms with E-state index in [2.05, 4.69) is 69.9 Å². The summed E-state index contributed by atoms with van der Waals surface area (Å²) in [6.07, 6.45) is 3.21. The standard InChI is InChI=1S/C29H25ClN4S/c1-19-9-5-6-13-24(19)31-28(35)26-25(20-14-16-22(30)17-15-20)23-12-7-8-18-33-27(32-34(26)29(23)33)21-10-3-2-4-11-21/h2-6,9-11,13-17H,7-8,12,18H2,1H3,(H,31,35). The highest BCUT2D eigenvalue weighted by atomic mass is 35.5. The number of para-hydroxylation sites is 1. The van der Waals surface area contributed by atoms with E-state index in [1.54, 1.807) is 0 Å². The van der Waals surface area contributed by atoms with Gasteiger partial charge < -0.3 is 9.88 Å². The van der Waals surface area contributed by atoms with Crippen LogP contribution in [0.5, 0.6) is 0 Å². The molecular weight excluding hydrogens is 472 g/mol. The van der Waals surface area contributed by atoms with Gasteiger partial charge in [0.05, 0.1) is 0 Å². The molecule has 0 aliphatic carbocycles. The lowest BCUT2D eigenvalue weighted by Crippen LogP contribution is -2.15. The number of hydrogen-bond donors (Lipinski definition) is 1. The summed E-state index contributed by atoms with van der Waals surface area (Å²) < 4.78 is 4.44. The van der Waals surface area contributed by atoms with Crippen LogP contribution in [-0.4, -0.2) is 19.2 Å². The van der Waals surface area contributed by atoms with Crippen LogP contribution in [0.3, 0.4) is 0 Å². The second-order valence-corrected chi connectivity index (χ2v) is 9.86. The van der Waals surface area contributed by atoms with E-state index in [1.165, 1.54) is 5.56 Å². The number of halogens is 1. The molecule has 2 aromatic heterocycles. The average Bonchev–Trinajstić information content (AvgIpc) is 3.29. The van der Waals surface area contributed by atoms with Crippen molar-refractivity contribution in [3.63, 3.8) is 0 Å². The third-order valence-corrected chi connectivity index (χ3v) is 7.31. The van der Waals surface area contributed by atoms with Crippen LogP contribution in [0.4, 0.5) is 5.69 Å². The van der Waals surface area contributed by atoms with E-state index in [-0.39, 0.29) is 0 Å². The first-order valence-electron chi connectivity index (χ1n) is 11.9. The Bertz CT molecular complexity index is 1550. The van der Waals surface area contributed by atoms with Gasteiger partial charge in [0.15, 0.2) is 5.82 Å². The maximum absolute atomic E-state index is 6.25. The second kappa shape index (κ2) is 8.99. The molecule has 1 N–H and O–H groups in total. The Morgan fingerprint density at radius 3 is 2.43 bits per heavy atom. The Hall–Kier alpha value is -3.41. The highest BCUT2D eigenvalue weighted by Gasteiger charge is 2.29. The normalized spacial score (nSPS) is 13.1. The molecule has 1 aliphatic rings. The lowest BCUT2D eigenvalue weighted by molar-refractivity contribution is 0.645. The number of benzene rings is 3. The summed E-state index contributed by atoms with van der Waals surface area (Å²) in [5.41, 5.74) is 8.87. The highest BCUT2D eigenvalue weighted by Crippen LogP contribution is 2.39. The molecule has 0 amide bonds. The quantitative estimate of drug-likeness (QED) is 0.261. The van der Waals surface area contributed by atoms with Crippen molar-refractivity contribution in [3.8, 4) is 22.5 Å². The minimum absolute atomic E-state index is 0.662. The summed E-state index contributed by atoms with van der Waals surface area (Å²) in [4.78, 5) is 0.662. The van der Waals surface area contributed by atoms with Gasteiger partial charge in [0, 0.05) is 33.9 Å². The maximum atomic E-state index is 6.25. The van der Waals surface area contributed by atoms with Gasteiger partial charge in [0.1, 0.15) is 16.3 Å². The zero-order chi connectivity index (χ0) is 23.9. The summed E-state index contributed by atoms with van der Waals surface area (Å²) in [5, 5.41) is 9.41. The van der Waals surface area contributed by atoms with Crippen LogP contribution < -0.4 is 5.32 Å². The molecule has 5 aromatic rings. The third-order valence-electron chi connectivity index (χ3n) is 6.76. The van der Waals surface area contributed by atoms with Crippen molar-refractivity contribution in [1.82, 2.24) is 14.2 Å². The lowest BCUT2D eigenvalue weighted by atomic mass is 9.98. The van der Waals surface area contributed by atoms with Crippen molar-refractivity contribution in [3.05, 3.63) is 101 Å². The monoisotopic (exact) mass is 496 g/mol. The second-order valence-electron chi connectivity index (χ2n) is 9.01. The molecule has 0 atom stereocenters. The molecule has 6 rings (SSSR count). The average molecular weight is 497 g/mol. The van der Waals surface area contributed by atoms with Gasteiger partial charge in [0.2, 0.25) is 0 Å². The summed E-state index contributed by atoms with van der Waals surface area (Å²) in [6.45, 7) is 3.02. The Morgan fingerprint density at radius 2 is 1.66 bits per heavy atom. The van der Waals surface area contributed by atoms with Gasteiger partial charge in [-0.05, 0) is 55.5 Å². The van der Waals surface area contributed by atoms with Gasteiger partial charge in [-0.25, -0.2) is 4.52 Å². The molecule has 0 saturated heterocycles. The maximum Gasteiger partial charge on any atom is 0.162 e. The molecule has 35 heavy (non-hydrogen) atoms. The number of rotatable bonds is 4. The van der Waals surface area contributed by atoms with Gasteiger partial charge >= 0.3 is 0 Å². The Morgan fingerprint density at radius 1 is 0.914 bits per heavy atom. The third kappa shape index (κ3) is 3.85. The van der Waals surface area contributed by atoms with Crippen molar-refractivity contribution in [2.75, 3.05) is 5.32 Å². The first-order valence-corrected chi connectivity index (χ1v) is 12.7. The Kier molecular flexibility index (Phi) is 5.67. The van der Waals surface area contributed by atoms with Crippen molar-refractivity contribution >= 4 is 40.1 Å². The highest BCUT2D eigenvalue weighted by molar-refractivity contribution is 7.81. The van der Waals surface area contributed by atoms with Crippen LogP contribution in [0, 0.1) is 6.92 Å². The first kappa shape index (κ1) is 22.1. The van der Waals surface area contributed by atoms with E-state index in [0.29, 0.717) is 4.99 Å². The Balaban J connectivity index is 1.62. The van der Waals surface area contributed by atoms with Crippen LogP contribution in [0.15, 0.2) is 78.9 Å². The summed E-state index contributed by atoms with van der Waals surface area (Å²) in [6, 6.07) is 26.7. The molecule has 6 heteroatoms. The SMILES string of the molecule is Cc1ccccc1NC(=S)c1c(-c2ccc(Cl)cc2)c2c3n(c(-c4ccccc4)nn13)CCCC2. The molecule has 0 spiro atoms. The van der Waals surface area contributed by atoms with Crippen LogP contribution in [-0.2, 0) is 13.0 Å². The van der Waals surface area contributed by atoms with E-state index >= 15 is 0 Å². The van der Waals surface area contributed by atoms with E-state index in [4.69, 9.17) is 28.9 Å². The van der Waals surface area contributed by atoms with Crippen molar-refractivity contribution in [2.24, 2.45) is 0 Å². The van der Waals surface area contributed by atoms with Gasteiger partial charge in [-0.3, -0.25) is 0 Å². The van der Waals surface area contributed by atoms with E-state index in [1.807, 2.05) is 30.3 Å². The molecule has 0 unspecified atom stereocenters. The topological polar surface area (TPSA) is 34.3 Å². The fraction of sp³-hybridized carbons (Fsp3) is 0.172. The zero-order valence-corrected chi connectivity index (χ0v) is 21.0. The molecule has 1 aliphatic heterocycles. The predicted octanol–water partition coefficient (Wildman–Crippen LogP) is 7.56. The zero-order valence-electron chi connectivity index (χ0n) is 19.5. The van der Waals surface area contributed by atoms with Crippen molar-refractivity contribution < 1.29 is 0 Å². The summed E-state index contributed by atoms with van der Waals surface area (Å²) in [5.74, 6) is 0.978. The summed E-state index contributed by atoms with van der Waals surface area (Å²) in [7, 11) is 0. The van der Waals surface area contributed by atoms with Crippen LogP contribution >= 0.6 is 23.8 Å². The fourth-order valence-corrected chi connectivity index (χ4v) is 5.50. The van der Waals surface area contributed by atoms with Gasteiger partial charge in [-0.1, -0.05) is 84.5 Å². The van der Waals surface area contributed by atoms with Crippen LogP contribution in [0.25, 0.3) is 28.2 Å². The van der Waals surface area contributed by atoms with E-state index in [9.17, 15) is 0 Å². The molecule has 3 aromatic carbocycles. The van der Waals surface area contributed by atoms with E-state index < -0.39 is 0 Å². The van der Waals surface area contributed by atoms with Gasteiger partial charge in [-0.15, -0.1) is 5.10 Å². The number of thiocarbonyl (C=S) groups is 1. The largest absolute Gasteiger partial charge is 0.345 e. The van der Waals surface area contributed by atoms with E-state index in [0.717, 1.165) is 75.9 Å². The van der Waals surface area contributed by atoms with Crippen molar-refractivity contribution in [1.29, 1.82) is 0 Å².